The number of carboxylic acid groups (broad SMARTS) is 1. The zero-order chi connectivity index (χ0) is 21.8. The quantitative estimate of drug-likeness (QED) is 0.376. The Hall–Kier alpha value is -3.39. The molecule has 4 rings (SSSR count). The van der Waals surface area contributed by atoms with Crippen molar-refractivity contribution in [3.05, 3.63) is 69.8 Å². The Balaban J connectivity index is 1.53. The largest absolute Gasteiger partial charge is 0.494 e. The highest BCUT2D eigenvalue weighted by Gasteiger charge is 2.18. The third-order valence-corrected chi connectivity index (χ3v) is 5.80. The van der Waals surface area contributed by atoms with E-state index in [1.54, 1.807) is 29.0 Å². The second-order valence-electron chi connectivity index (χ2n) is 7.07. The van der Waals surface area contributed by atoms with Crippen molar-refractivity contribution in [1.29, 1.82) is 0 Å². The third kappa shape index (κ3) is 4.39. The molecule has 0 bridgehead atoms. The Bertz CT molecular complexity index is 1240. The van der Waals surface area contributed by atoms with Gasteiger partial charge in [-0.3, -0.25) is 9.36 Å². The second-order valence-corrected chi connectivity index (χ2v) is 7.93. The maximum atomic E-state index is 13.4. The first kappa shape index (κ1) is 20.9. The molecule has 160 valence electrons. The summed E-state index contributed by atoms with van der Waals surface area (Å²) in [7, 11) is 0. The van der Waals surface area contributed by atoms with Gasteiger partial charge < -0.3 is 14.3 Å². The highest BCUT2D eigenvalue weighted by molar-refractivity contribution is 7.17. The molecule has 0 saturated heterocycles. The summed E-state index contributed by atoms with van der Waals surface area (Å²) in [6.45, 7) is 2.95. The first-order valence-electron chi connectivity index (χ1n) is 10.1. The van der Waals surface area contributed by atoms with Crippen molar-refractivity contribution in [2.24, 2.45) is 0 Å². The van der Waals surface area contributed by atoms with Crippen molar-refractivity contribution in [1.82, 2.24) is 9.55 Å². The molecular formula is C23H22N2O5S. The number of aryl methyl sites for hydroxylation is 1. The number of nitrogens with zero attached hydrogens (tertiary/aromatic N) is 2. The highest BCUT2D eigenvalue weighted by Crippen LogP contribution is 2.31. The van der Waals surface area contributed by atoms with E-state index in [0.717, 1.165) is 29.1 Å². The number of aromatic carboxylic acids is 1. The van der Waals surface area contributed by atoms with Gasteiger partial charge in [-0.1, -0.05) is 6.92 Å². The van der Waals surface area contributed by atoms with E-state index in [0.29, 0.717) is 36.5 Å². The van der Waals surface area contributed by atoms with Gasteiger partial charge in [0.15, 0.2) is 0 Å². The molecule has 0 saturated carbocycles. The number of benzene rings is 1. The van der Waals surface area contributed by atoms with Crippen molar-refractivity contribution >= 4 is 27.5 Å². The van der Waals surface area contributed by atoms with Gasteiger partial charge in [0.05, 0.1) is 23.8 Å². The number of furan rings is 1. The van der Waals surface area contributed by atoms with Crippen LogP contribution in [0.15, 0.2) is 57.3 Å². The van der Waals surface area contributed by atoms with Crippen LogP contribution in [0, 0.1) is 0 Å². The Labute approximate surface area is 182 Å². The van der Waals surface area contributed by atoms with Crippen LogP contribution >= 0.6 is 11.3 Å². The fraction of sp³-hybridized carbons (Fsp3) is 0.261. The van der Waals surface area contributed by atoms with Crippen molar-refractivity contribution in [3.63, 3.8) is 0 Å². The van der Waals surface area contributed by atoms with Gasteiger partial charge in [0.1, 0.15) is 22.2 Å². The van der Waals surface area contributed by atoms with Gasteiger partial charge in [0.25, 0.3) is 5.56 Å². The summed E-state index contributed by atoms with van der Waals surface area (Å²) in [6.07, 6.45) is 3.82. The highest BCUT2D eigenvalue weighted by atomic mass is 32.1. The molecule has 0 spiro atoms. The number of aromatic nitrogens is 2. The van der Waals surface area contributed by atoms with Gasteiger partial charge in [-0.2, -0.15) is 0 Å². The minimum atomic E-state index is -0.973. The topological polar surface area (TPSA) is 94.6 Å². The maximum absolute atomic E-state index is 13.4. The van der Waals surface area contributed by atoms with Crippen LogP contribution in [0.5, 0.6) is 5.75 Å². The lowest BCUT2D eigenvalue weighted by Crippen LogP contribution is -2.26. The van der Waals surface area contributed by atoms with E-state index in [9.17, 15) is 9.59 Å². The zero-order valence-electron chi connectivity index (χ0n) is 17.0. The smallest absolute Gasteiger partial charge is 0.335 e. The summed E-state index contributed by atoms with van der Waals surface area (Å²) < 4.78 is 13.0. The molecule has 0 aliphatic carbocycles. The van der Waals surface area contributed by atoms with Gasteiger partial charge in [0.2, 0.25) is 0 Å². The monoisotopic (exact) mass is 438 g/mol. The van der Waals surface area contributed by atoms with E-state index in [4.69, 9.17) is 19.2 Å². The van der Waals surface area contributed by atoms with E-state index in [1.807, 2.05) is 11.4 Å². The van der Waals surface area contributed by atoms with Crippen LogP contribution in [-0.4, -0.2) is 27.2 Å². The fourth-order valence-electron chi connectivity index (χ4n) is 3.43. The van der Waals surface area contributed by atoms with E-state index in [2.05, 4.69) is 6.92 Å². The molecule has 8 heteroatoms. The number of fused-ring (bicyclic) bond motifs is 1. The molecule has 0 fully saturated rings. The standard InChI is InChI=1S/C23H22N2O5S/c1-2-5-19-24-21-20(17(14-31-21)18-6-3-12-30-18)22(26)25(19)11-4-13-29-16-9-7-15(8-10-16)23(27)28/h3,6-10,12,14H,2,4-5,11,13H2,1H3,(H,27,28). The predicted octanol–water partition coefficient (Wildman–Crippen LogP) is 4.84. The third-order valence-electron chi connectivity index (χ3n) is 4.93. The maximum Gasteiger partial charge on any atom is 0.335 e. The lowest BCUT2D eigenvalue weighted by molar-refractivity contribution is 0.0697. The molecule has 0 radical (unpaired) electrons. The Kier molecular flexibility index (Phi) is 6.18. The predicted molar refractivity (Wildman–Crippen MR) is 119 cm³/mol. The summed E-state index contributed by atoms with van der Waals surface area (Å²) in [5, 5.41) is 11.5. The average Bonchev–Trinajstić information content (AvgIpc) is 3.43. The van der Waals surface area contributed by atoms with Crippen LogP contribution in [0.25, 0.3) is 21.5 Å². The summed E-state index contributed by atoms with van der Waals surface area (Å²) in [6, 6.07) is 9.92. The van der Waals surface area contributed by atoms with E-state index in [-0.39, 0.29) is 11.1 Å². The Morgan fingerprint density at radius 2 is 2.06 bits per heavy atom. The van der Waals surface area contributed by atoms with Gasteiger partial charge in [0, 0.05) is 23.9 Å². The van der Waals surface area contributed by atoms with Crippen LogP contribution in [0.1, 0.15) is 35.9 Å². The van der Waals surface area contributed by atoms with Crippen molar-refractivity contribution in [2.75, 3.05) is 6.61 Å². The van der Waals surface area contributed by atoms with Gasteiger partial charge in [-0.05, 0) is 49.2 Å². The first-order chi connectivity index (χ1) is 15.1. The van der Waals surface area contributed by atoms with Crippen molar-refractivity contribution < 1.29 is 19.1 Å². The van der Waals surface area contributed by atoms with E-state index in [1.165, 1.54) is 23.5 Å². The van der Waals surface area contributed by atoms with Crippen LogP contribution < -0.4 is 10.3 Å². The van der Waals surface area contributed by atoms with Crippen LogP contribution in [0.3, 0.4) is 0 Å². The molecule has 0 aliphatic heterocycles. The molecule has 0 atom stereocenters. The molecule has 0 amide bonds. The Morgan fingerprint density at radius 3 is 2.74 bits per heavy atom. The number of thiophene rings is 1. The molecule has 31 heavy (non-hydrogen) atoms. The molecule has 3 aromatic heterocycles. The summed E-state index contributed by atoms with van der Waals surface area (Å²) in [5.74, 6) is 1.06. The molecule has 4 aromatic rings. The summed E-state index contributed by atoms with van der Waals surface area (Å²) >= 11 is 1.45. The van der Waals surface area contributed by atoms with Crippen LogP contribution in [-0.2, 0) is 13.0 Å². The van der Waals surface area contributed by atoms with Crippen molar-refractivity contribution in [3.8, 4) is 17.1 Å². The van der Waals surface area contributed by atoms with E-state index >= 15 is 0 Å². The number of carboxylic acids is 1. The zero-order valence-corrected chi connectivity index (χ0v) is 17.9. The number of carbonyl (C=O) groups is 1. The summed E-state index contributed by atoms with van der Waals surface area (Å²) in [5.41, 5.74) is 0.923. The summed E-state index contributed by atoms with van der Waals surface area (Å²) in [4.78, 5) is 29.8. The lowest BCUT2D eigenvalue weighted by Gasteiger charge is -2.13. The van der Waals surface area contributed by atoms with Crippen LogP contribution in [0.2, 0.25) is 0 Å². The average molecular weight is 439 g/mol. The van der Waals surface area contributed by atoms with Gasteiger partial charge >= 0.3 is 5.97 Å². The normalized spacial score (nSPS) is 11.1. The molecule has 1 N–H and O–H groups in total. The van der Waals surface area contributed by atoms with Gasteiger partial charge in [-0.25, -0.2) is 9.78 Å². The van der Waals surface area contributed by atoms with Crippen LogP contribution in [0.4, 0.5) is 0 Å². The molecule has 7 nitrogen and oxygen atoms in total. The lowest BCUT2D eigenvalue weighted by atomic mass is 10.2. The van der Waals surface area contributed by atoms with Crippen molar-refractivity contribution in [2.45, 2.75) is 32.7 Å². The Morgan fingerprint density at radius 1 is 1.26 bits per heavy atom. The molecule has 0 unspecified atom stereocenters. The molecule has 0 aliphatic rings. The number of hydrogen-bond donors (Lipinski definition) is 1. The minimum absolute atomic E-state index is 0.0630. The first-order valence-corrected chi connectivity index (χ1v) is 11.0. The molecular weight excluding hydrogens is 416 g/mol. The number of rotatable bonds is 9. The molecule has 1 aromatic carbocycles. The minimum Gasteiger partial charge on any atom is -0.494 e. The SMILES string of the molecule is CCCc1nc2scc(-c3ccco3)c2c(=O)n1CCCOc1ccc(C(=O)O)cc1. The second kappa shape index (κ2) is 9.18. The van der Waals surface area contributed by atoms with Gasteiger partial charge in [-0.15, -0.1) is 11.3 Å². The molecule has 3 heterocycles. The number of hydrogen-bond acceptors (Lipinski definition) is 6. The van der Waals surface area contributed by atoms with E-state index < -0.39 is 5.97 Å². The fourth-order valence-corrected chi connectivity index (χ4v) is 4.37. The number of ether oxygens (including phenoxy) is 1.